The van der Waals surface area contributed by atoms with Crippen LogP contribution in [0.2, 0.25) is 0 Å². The number of pyridine rings is 2. The van der Waals surface area contributed by atoms with Crippen molar-refractivity contribution in [3.8, 4) is 0 Å². The zero-order chi connectivity index (χ0) is 16.1. The van der Waals surface area contributed by atoms with E-state index in [0.29, 0.717) is 0 Å². The van der Waals surface area contributed by atoms with E-state index < -0.39 is 0 Å². The van der Waals surface area contributed by atoms with Crippen LogP contribution >= 0.6 is 39.5 Å². The fourth-order valence-corrected chi connectivity index (χ4v) is 6.27. The molecule has 0 aliphatic carbocycles. The minimum absolute atomic E-state index is 0.198. The molecule has 2 aromatic heterocycles. The zero-order valence-electron chi connectivity index (χ0n) is 12.5. The Bertz CT molecular complexity index is 863. The number of nitrogens with zero attached hydrogens (tertiary/aromatic N) is 3. The number of fused-ring (bicyclic) bond motifs is 6. The third kappa shape index (κ3) is 2.28. The van der Waals surface area contributed by atoms with Crippen LogP contribution in [0.1, 0.15) is 21.9 Å². The number of hydrogen-bond donors (Lipinski definition) is 0. The average Bonchev–Trinajstić information content (AvgIpc) is 2.62. The molecule has 2 aliphatic heterocycles. The highest BCUT2D eigenvalue weighted by atomic mass is 79.9. The molecule has 24 heavy (non-hydrogen) atoms. The van der Waals surface area contributed by atoms with Crippen LogP contribution in [0.5, 0.6) is 0 Å². The average molecular weight is 414 g/mol. The number of hydrogen-bond acceptors (Lipinski definition) is 5. The molecule has 0 fully saturated rings. The molecule has 4 heterocycles. The highest BCUT2D eigenvalue weighted by Gasteiger charge is 2.42. The van der Waals surface area contributed by atoms with Crippen molar-refractivity contribution in [2.24, 2.45) is 0 Å². The maximum absolute atomic E-state index is 4.61. The molecular weight excluding hydrogens is 402 g/mol. The van der Waals surface area contributed by atoms with Gasteiger partial charge in [-0.15, -0.1) is 0 Å². The molecule has 2 bridgehead atoms. The molecule has 0 spiro atoms. The molecule has 3 aromatic rings. The Labute approximate surface area is 157 Å². The maximum atomic E-state index is 4.61. The lowest BCUT2D eigenvalue weighted by molar-refractivity contribution is 0.693. The summed E-state index contributed by atoms with van der Waals surface area (Å²) in [5.41, 5.74) is 3.75. The van der Waals surface area contributed by atoms with Gasteiger partial charge in [0.1, 0.15) is 20.8 Å². The molecule has 118 valence electrons. The summed E-state index contributed by atoms with van der Waals surface area (Å²) in [7, 11) is 0. The number of halogens is 1. The van der Waals surface area contributed by atoms with E-state index in [0.717, 1.165) is 14.5 Å². The van der Waals surface area contributed by atoms with E-state index in [-0.39, 0.29) is 10.7 Å². The highest BCUT2D eigenvalue weighted by Crippen LogP contribution is 2.60. The van der Waals surface area contributed by atoms with Gasteiger partial charge < -0.3 is 4.90 Å². The summed E-state index contributed by atoms with van der Waals surface area (Å²) in [5.74, 6) is 0. The largest absolute Gasteiger partial charge is 0.338 e. The van der Waals surface area contributed by atoms with Crippen molar-refractivity contribution in [3.63, 3.8) is 0 Å². The summed E-state index contributed by atoms with van der Waals surface area (Å²) in [4.78, 5) is 11.7. The van der Waals surface area contributed by atoms with Crippen molar-refractivity contribution < 1.29 is 0 Å². The Morgan fingerprint density at radius 2 is 1.33 bits per heavy atom. The Morgan fingerprint density at radius 1 is 0.792 bits per heavy atom. The van der Waals surface area contributed by atoms with Gasteiger partial charge in [-0.1, -0.05) is 51.6 Å². The molecule has 0 saturated heterocycles. The van der Waals surface area contributed by atoms with Crippen LogP contribution in [0.25, 0.3) is 0 Å². The van der Waals surface area contributed by atoms with Crippen LogP contribution in [0.3, 0.4) is 0 Å². The van der Waals surface area contributed by atoms with Crippen LogP contribution in [0, 0.1) is 0 Å². The second-order valence-corrected chi connectivity index (χ2v) is 8.67. The van der Waals surface area contributed by atoms with Gasteiger partial charge in [-0.05, 0) is 36.4 Å². The minimum Gasteiger partial charge on any atom is -0.338 e. The summed E-state index contributed by atoms with van der Waals surface area (Å²) in [6, 6.07) is 17.0. The van der Waals surface area contributed by atoms with Crippen molar-refractivity contribution >= 4 is 45.1 Å². The molecular formula is C18H12BrN3S2. The number of benzene rings is 1. The quantitative estimate of drug-likeness (QED) is 0.513. The van der Waals surface area contributed by atoms with Crippen LogP contribution in [0.4, 0.5) is 5.69 Å². The van der Waals surface area contributed by atoms with Gasteiger partial charge in [-0.3, -0.25) is 0 Å². The predicted octanol–water partition coefficient (Wildman–Crippen LogP) is 5.65. The second-order valence-electron chi connectivity index (χ2n) is 5.62. The minimum atomic E-state index is 0.198. The van der Waals surface area contributed by atoms with Crippen LogP contribution in [-0.4, -0.2) is 9.97 Å². The molecule has 1 aromatic carbocycles. The topological polar surface area (TPSA) is 29.0 Å². The molecule has 0 unspecified atom stereocenters. The van der Waals surface area contributed by atoms with Gasteiger partial charge in [0.15, 0.2) is 0 Å². The second kappa shape index (κ2) is 5.79. The monoisotopic (exact) mass is 413 g/mol. The summed E-state index contributed by atoms with van der Waals surface area (Å²) in [5, 5.41) is 2.65. The highest BCUT2D eigenvalue weighted by molar-refractivity contribution is 9.10. The fourth-order valence-electron chi connectivity index (χ4n) is 3.14. The zero-order valence-corrected chi connectivity index (χ0v) is 15.7. The first kappa shape index (κ1) is 14.8. The third-order valence-corrected chi connectivity index (χ3v) is 7.28. The van der Waals surface area contributed by atoms with Crippen LogP contribution in [0.15, 0.2) is 75.4 Å². The SMILES string of the molecule is Brc1ccc(N2[C@H]3Sc4ncccc4[C@@H]2Sc2ncccc23)cc1. The smallest absolute Gasteiger partial charge is 0.111 e. The molecule has 5 rings (SSSR count). The lowest BCUT2D eigenvalue weighted by atomic mass is 10.1. The predicted molar refractivity (Wildman–Crippen MR) is 102 cm³/mol. The number of thioether (sulfide) groups is 2. The normalized spacial score (nSPS) is 21.1. The van der Waals surface area contributed by atoms with Crippen molar-refractivity contribution in [2.45, 2.75) is 20.8 Å². The van der Waals surface area contributed by atoms with E-state index in [1.807, 2.05) is 48.1 Å². The van der Waals surface area contributed by atoms with Crippen molar-refractivity contribution in [3.05, 3.63) is 76.5 Å². The van der Waals surface area contributed by atoms with Gasteiger partial charge in [-0.25, -0.2) is 9.97 Å². The molecule has 0 saturated carbocycles. The van der Waals surface area contributed by atoms with E-state index in [9.17, 15) is 0 Å². The Kier molecular flexibility index (Phi) is 3.57. The van der Waals surface area contributed by atoms with E-state index in [1.54, 1.807) is 0 Å². The van der Waals surface area contributed by atoms with E-state index in [2.05, 4.69) is 67.2 Å². The lowest BCUT2D eigenvalue weighted by Crippen LogP contribution is -2.36. The van der Waals surface area contributed by atoms with Crippen LogP contribution < -0.4 is 4.90 Å². The molecule has 2 aliphatic rings. The fraction of sp³-hybridized carbons (Fsp3) is 0.111. The van der Waals surface area contributed by atoms with Crippen molar-refractivity contribution in [2.75, 3.05) is 4.90 Å². The molecule has 3 nitrogen and oxygen atoms in total. The number of aromatic nitrogens is 2. The van der Waals surface area contributed by atoms with Crippen molar-refractivity contribution in [1.29, 1.82) is 0 Å². The standard InChI is InChI=1S/C18H12BrN3S2/c19-11-5-7-12(8-6-11)22-17-13-3-1-9-20-15(13)23-18(22)14-4-2-10-21-16(14)24-17/h1-10,17-18H/t17-,18-/m0/s1. The molecule has 0 amide bonds. The molecule has 0 N–H and O–H groups in total. The van der Waals surface area contributed by atoms with Gasteiger partial charge in [-0.2, -0.15) is 0 Å². The van der Waals surface area contributed by atoms with Gasteiger partial charge in [0.25, 0.3) is 0 Å². The lowest BCUT2D eigenvalue weighted by Gasteiger charge is -2.46. The van der Waals surface area contributed by atoms with E-state index in [1.165, 1.54) is 16.8 Å². The first-order valence-electron chi connectivity index (χ1n) is 7.58. The Hall–Kier alpha value is -1.50. The van der Waals surface area contributed by atoms with Gasteiger partial charge >= 0.3 is 0 Å². The van der Waals surface area contributed by atoms with E-state index in [4.69, 9.17) is 0 Å². The number of anilines is 1. The first-order chi connectivity index (χ1) is 11.8. The van der Waals surface area contributed by atoms with Gasteiger partial charge in [0, 0.05) is 33.7 Å². The first-order valence-corrected chi connectivity index (χ1v) is 10.1. The summed E-state index contributed by atoms with van der Waals surface area (Å²) in [6.45, 7) is 0. The summed E-state index contributed by atoms with van der Waals surface area (Å²) < 4.78 is 1.10. The van der Waals surface area contributed by atoms with Crippen molar-refractivity contribution in [1.82, 2.24) is 9.97 Å². The molecule has 2 atom stereocenters. The summed E-state index contributed by atoms with van der Waals surface area (Å²) >= 11 is 7.16. The van der Waals surface area contributed by atoms with Crippen LogP contribution in [-0.2, 0) is 0 Å². The summed E-state index contributed by atoms with van der Waals surface area (Å²) in [6.07, 6.45) is 3.76. The number of rotatable bonds is 1. The Balaban J connectivity index is 1.71. The molecule has 6 heteroatoms. The maximum Gasteiger partial charge on any atom is 0.111 e. The Morgan fingerprint density at radius 3 is 1.88 bits per heavy atom. The third-order valence-electron chi connectivity index (χ3n) is 4.21. The van der Waals surface area contributed by atoms with E-state index >= 15 is 0 Å². The van der Waals surface area contributed by atoms with Gasteiger partial charge in [0.2, 0.25) is 0 Å². The molecule has 0 radical (unpaired) electrons. The van der Waals surface area contributed by atoms with Gasteiger partial charge in [0.05, 0.1) is 0 Å².